The number of hydrogen-bond acceptors (Lipinski definition) is 4. The number of fused-ring (bicyclic) bond motifs is 1. The van der Waals surface area contributed by atoms with E-state index >= 15 is 0 Å². The molecule has 2 unspecified atom stereocenters. The Morgan fingerprint density at radius 1 is 1.00 bits per heavy atom. The summed E-state index contributed by atoms with van der Waals surface area (Å²) in [5, 5.41) is 3.50. The van der Waals surface area contributed by atoms with Crippen molar-refractivity contribution in [1.82, 2.24) is 10.3 Å². The minimum atomic E-state index is -0.688. The first-order chi connectivity index (χ1) is 15.5. The molecule has 4 aromatic rings. The fourth-order valence-electron chi connectivity index (χ4n) is 4.75. The average molecular weight is 450 g/mol. The summed E-state index contributed by atoms with van der Waals surface area (Å²) in [6.45, 7) is 0.906. The van der Waals surface area contributed by atoms with Crippen LogP contribution < -0.4 is 11.1 Å². The molecule has 1 aliphatic rings. The number of nitrogens with zero attached hydrogens (tertiary/aromatic N) is 1. The van der Waals surface area contributed by atoms with Gasteiger partial charge in [-0.3, -0.25) is 0 Å². The summed E-state index contributed by atoms with van der Waals surface area (Å²) in [7, 11) is 0. The Labute approximate surface area is 190 Å². The van der Waals surface area contributed by atoms with Gasteiger partial charge in [-0.25, -0.2) is 13.8 Å². The number of benzene rings is 3. The molecule has 3 nitrogen and oxygen atoms in total. The quantitative estimate of drug-likeness (QED) is 0.410. The number of nitrogens with two attached hydrogens (primary N) is 1. The van der Waals surface area contributed by atoms with Gasteiger partial charge in [0.2, 0.25) is 0 Å². The van der Waals surface area contributed by atoms with Crippen molar-refractivity contribution in [1.29, 1.82) is 0 Å². The van der Waals surface area contributed by atoms with Crippen molar-refractivity contribution in [3.63, 3.8) is 0 Å². The molecule has 0 amide bonds. The Kier molecular flexibility index (Phi) is 5.76. The SMILES string of the molecule is NC(Cc1ccc(F)cc1)(Cc1cc(-c2ccc3scnc3c2)ccc1F)C1CCCN1. The zero-order valence-electron chi connectivity index (χ0n) is 17.7. The summed E-state index contributed by atoms with van der Waals surface area (Å²) in [6, 6.07) is 17.9. The predicted octanol–water partition coefficient (Wildman–Crippen LogP) is 5.48. The summed E-state index contributed by atoms with van der Waals surface area (Å²) in [4.78, 5) is 4.40. The van der Waals surface area contributed by atoms with E-state index in [2.05, 4.69) is 16.4 Å². The zero-order valence-corrected chi connectivity index (χ0v) is 18.5. The van der Waals surface area contributed by atoms with Crippen LogP contribution in [0.15, 0.2) is 66.2 Å². The number of hydrogen-bond donors (Lipinski definition) is 2. The third kappa shape index (κ3) is 4.31. The second kappa shape index (κ2) is 8.70. The topological polar surface area (TPSA) is 50.9 Å². The number of halogens is 2. The third-order valence-corrected chi connectivity index (χ3v) is 7.24. The van der Waals surface area contributed by atoms with Crippen molar-refractivity contribution in [2.24, 2.45) is 5.73 Å². The highest BCUT2D eigenvalue weighted by atomic mass is 32.1. The van der Waals surface area contributed by atoms with E-state index in [9.17, 15) is 8.78 Å². The molecule has 1 saturated heterocycles. The van der Waals surface area contributed by atoms with Crippen molar-refractivity contribution in [2.45, 2.75) is 37.3 Å². The molecular formula is C26H25F2N3S. The number of aromatic nitrogens is 1. The maximum absolute atomic E-state index is 15.0. The normalized spacial score (nSPS) is 18.2. The van der Waals surface area contributed by atoms with Crippen LogP contribution in [0.3, 0.4) is 0 Å². The predicted molar refractivity (Wildman–Crippen MR) is 127 cm³/mol. The molecule has 5 rings (SSSR count). The van der Waals surface area contributed by atoms with E-state index in [1.54, 1.807) is 29.5 Å². The van der Waals surface area contributed by atoms with Crippen molar-refractivity contribution >= 4 is 21.6 Å². The van der Waals surface area contributed by atoms with Crippen molar-refractivity contribution < 1.29 is 8.78 Å². The molecule has 1 fully saturated rings. The van der Waals surface area contributed by atoms with Crippen molar-refractivity contribution in [2.75, 3.05) is 6.54 Å². The molecule has 3 N–H and O–H groups in total. The van der Waals surface area contributed by atoms with E-state index < -0.39 is 5.54 Å². The first-order valence-corrected chi connectivity index (χ1v) is 11.8. The van der Waals surface area contributed by atoms with Crippen LogP contribution in [-0.2, 0) is 12.8 Å². The Morgan fingerprint density at radius 2 is 1.78 bits per heavy atom. The minimum absolute atomic E-state index is 0.0713. The van der Waals surface area contributed by atoms with Crippen LogP contribution in [-0.4, -0.2) is 23.1 Å². The molecule has 32 heavy (non-hydrogen) atoms. The van der Waals surface area contributed by atoms with Crippen LogP contribution >= 0.6 is 11.3 Å². The van der Waals surface area contributed by atoms with Crippen LogP contribution in [0.4, 0.5) is 8.78 Å². The summed E-state index contributed by atoms with van der Waals surface area (Å²) in [5.41, 5.74) is 12.6. The van der Waals surface area contributed by atoms with Crippen LogP contribution in [0.1, 0.15) is 24.0 Å². The molecule has 164 valence electrons. The van der Waals surface area contributed by atoms with Gasteiger partial charge in [0, 0.05) is 11.6 Å². The highest BCUT2D eigenvalue weighted by Gasteiger charge is 2.37. The summed E-state index contributed by atoms with van der Waals surface area (Å²) >= 11 is 1.60. The second-order valence-electron chi connectivity index (χ2n) is 8.70. The van der Waals surface area contributed by atoms with E-state index in [4.69, 9.17) is 5.73 Å². The van der Waals surface area contributed by atoms with Crippen molar-refractivity contribution in [3.8, 4) is 11.1 Å². The lowest BCUT2D eigenvalue weighted by atomic mass is 9.78. The Balaban J connectivity index is 1.48. The Bertz CT molecular complexity index is 1230. The van der Waals surface area contributed by atoms with Crippen LogP contribution in [0.25, 0.3) is 21.3 Å². The summed E-state index contributed by atoms with van der Waals surface area (Å²) in [6.07, 6.45) is 2.92. The lowest BCUT2D eigenvalue weighted by Gasteiger charge is -2.36. The number of thiazole rings is 1. The second-order valence-corrected chi connectivity index (χ2v) is 9.59. The lowest BCUT2D eigenvalue weighted by Crippen LogP contribution is -2.58. The van der Waals surface area contributed by atoms with Crippen LogP contribution in [0, 0.1) is 11.6 Å². The van der Waals surface area contributed by atoms with Crippen molar-refractivity contribution in [3.05, 3.63) is 88.9 Å². The van der Waals surface area contributed by atoms with E-state index in [1.807, 2.05) is 23.7 Å². The van der Waals surface area contributed by atoms with Gasteiger partial charge in [0.1, 0.15) is 11.6 Å². The monoisotopic (exact) mass is 449 g/mol. The molecule has 1 aliphatic heterocycles. The highest BCUT2D eigenvalue weighted by molar-refractivity contribution is 7.16. The molecule has 0 radical (unpaired) electrons. The van der Waals surface area contributed by atoms with E-state index in [0.717, 1.165) is 46.3 Å². The van der Waals surface area contributed by atoms with E-state index in [-0.39, 0.29) is 17.7 Å². The van der Waals surface area contributed by atoms with Gasteiger partial charge >= 0.3 is 0 Å². The van der Waals surface area contributed by atoms with Gasteiger partial charge in [0.15, 0.2) is 0 Å². The maximum Gasteiger partial charge on any atom is 0.126 e. The fourth-order valence-corrected chi connectivity index (χ4v) is 5.41. The molecule has 3 aromatic carbocycles. The van der Waals surface area contributed by atoms with E-state index in [0.29, 0.717) is 18.4 Å². The maximum atomic E-state index is 15.0. The molecule has 1 aromatic heterocycles. The molecule has 6 heteroatoms. The molecule has 2 atom stereocenters. The first kappa shape index (κ1) is 21.2. The Hall–Kier alpha value is -2.67. The van der Waals surface area contributed by atoms with Gasteiger partial charge in [-0.1, -0.05) is 24.3 Å². The van der Waals surface area contributed by atoms with Gasteiger partial charge < -0.3 is 11.1 Å². The van der Waals surface area contributed by atoms with Crippen LogP contribution in [0.5, 0.6) is 0 Å². The number of nitrogens with one attached hydrogen (secondary N) is 1. The molecule has 0 saturated carbocycles. The molecular weight excluding hydrogens is 424 g/mol. The van der Waals surface area contributed by atoms with Gasteiger partial charge in [-0.2, -0.15) is 0 Å². The average Bonchev–Trinajstić information content (AvgIpc) is 3.49. The standard InChI is InChI=1S/C26H25F2N3S/c27-21-7-3-17(4-8-21)14-26(29,25-2-1-11-30-25)15-20-12-18(5-9-22(20)28)19-6-10-24-23(13-19)31-16-32-24/h3-10,12-13,16,25,30H,1-2,11,14-15,29H2. The number of rotatable bonds is 6. The van der Waals surface area contributed by atoms with Gasteiger partial charge in [0.25, 0.3) is 0 Å². The third-order valence-electron chi connectivity index (χ3n) is 6.43. The van der Waals surface area contributed by atoms with E-state index in [1.165, 1.54) is 18.2 Å². The molecule has 0 bridgehead atoms. The highest BCUT2D eigenvalue weighted by Crippen LogP contribution is 2.31. The first-order valence-electron chi connectivity index (χ1n) is 10.9. The largest absolute Gasteiger partial charge is 0.323 e. The smallest absolute Gasteiger partial charge is 0.126 e. The van der Waals surface area contributed by atoms with Gasteiger partial charge in [-0.15, -0.1) is 11.3 Å². The molecule has 0 aliphatic carbocycles. The van der Waals surface area contributed by atoms with Gasteiger partial charge in [0.05, 0.1) is 15.7 Å². The summed E-state index contributed by atoms with van der Waals surface area (Å²) < 4.78 is 29.5. The minimum Gasteiger partial charge on any atom is -0.323 e. The van der Waals surface area contributed by atoms with Gasteiger partial charge in [-0.05, 0) is 90.9 Å². The zero-order chi connectivity index (χ0) is 22.1. The summed E-state index contributed by atoms with van der Waals surface area (Å²) in [5.74, 6) is -0.526. The lowest BCUT2D eigenvalue weighted by molar-refractivity contribution is 0.310. The van der Waals surface area contributed by atoms with Crippen LogP contribution in [0.2, 0.25) is 0 Å². The Morgan fingerprint density at radius 3 is 2.56 bits per heavy atom. The fraction of sp³-hybridized carbons (Fsp3) is 0.269. The molecule has 2 heterocycles. The molecule has 0 spiro atoms.